The molecule has 1 heterocycles. The van der Waals surface area contributed by atoms with Crippen LogP contribution in [0, 0.1) is 11.6 Å². The van der Waals surface area contributed by atoms with Gasteiger partial charge in [-0.25, -0.2) is 13.6 Å². The minimum absolute atomic E-state index is 0.0366. The van der Waals surface area contributed by atoms with Gasteiger partial charge >= 0.3 is 6.09 Å². The van der Waals surface area contributed by atoms with Crippen LogP contribution in [-0.2, 0) is 16.0 Å². The van der Waals surface area contributed by atoms with Gasteiger partial charge in [-0.15, -0.1) is 0 Å². The predicted molar refractivity (Wildman–Crippen MR) is 84.4 cm³/mol. The summed E-state index contributed by atoms with van der Waals surface area (Å²) in [6.45, 7) is 6.76. The van der Waals surface area contributed by atoms with Crippen LogP contribution in [0.5, 0.6) is 0 Å². The van der Waals surface area contributed by atoms with Crippen LogP contribution in [0.2, 0.25) is 0 Å². The number of piperazine rings is 1. The van der Waals surface area contributed by atoms with Crippen LogP contribution in [0.15, 0.2) is 18.2 Å². The first kappa shape index (κ1) is 18.2. The van der Waals surface area contributed by atoms with Crippen molar-refractivity contribution < 1.29 is 23.1 Å². The molecule has 132 valence electrons. The zero-order chi connectivity index (χ0) is 17.9. The average molecular weight is 340 g/mol. The molecule has 1 aromatic rings. The predicted octanol–water partition coefficient (Wildman–Crippen LogP) is 2.59. The molecule has 2 rings (SSSR count). The van der Waals surface area contributed by atoms with E-state index < -0.39 is 23.3 Å². The topological polar surface area (TPSA) is 49.9 Å². The first-order valence-corrected chi connectivity index (χ1v) is 7.86. The number of hydrogen-bond acceptors (Lipinski definition) is 3. The summed E-state index contributed by atoms with van der Waals surface area (Å²) in [5.74, 6) is -2.24. The van der Waals surface area contributed by atoms with Gasteiger partial charge in [0.05, 0.1) is 6.42 Å². The average Bonchev–Trinajstić information content (AvgIpc) is 2.50. The molecule has 0 aromatic heterocycles. The molecule has 0 spiro atoms. The van der Waals surface area contributed by atoms with E-state index in [2.05, 4.69) is 0 Å². The van der Waals surface area contributed by atoms with E-state index >= 15 is 0 Å². The van der Waals surface area contributed by atoms with E-state index in [0.717, 1.165) is 6.07 Å². The molecule has 0 saturated carbocycles. The number of carbonyl (C=O) groups is 2. The minimum atomic E-state index is -0.988. The highest BCUT2D eigenvalue weighted by molar-refractivity contribution is 5.79. The van der Waals surface area contributed by atoms with Crippen molar-refractivity contribution in [1.29, 1.82) is 0 Å². The van der Waals surface area contributed by atoms with Gasteiger partial charge in [-0.1, -0.05) is 12.1 Å². The second-order valence-electron chi connectivity index (χ2n) is 6.74. The van der Waals surface area contributed by atoms with Gasteiger partial charge in [0.25, 0.3) is 0 Å². The third-order valence-corrected chi connectivity index (χ3v) is 3.66. The van der Waals surface area contributed by atoms with Crippen molar-refractivity contribution in [2.45, 2.75) is 32.8 Å². The lowest BCUT2D eigenvalue weighted by atomic mass is 10.1. The quantitative estimate of drug-likeness (QED) is 0.831. The Bertz CT molecular complexity index is 621. The van der Waals surface area contributed by atoms with E-state index in [4.69, 9.17) is 4.74 Å². The Kier molecular flexibility index (Phi) is 5.41. The Balaban J connectivity index is 1.89. The lowest BCUT2D eigenvalue weighted by molar-refractivity contribution is -0.132. The van der Waals surface area contributed by atoms with E-state index in [0.29, 0.717) is 26.2 Å². The molecular formula is C17H22F2N2O3. The number of amides is 2. The van der Waals surface area contributed by atoms with Crippen LogP contribution in [0.4, 0.5) is 13.6 Å². The van der Waals surface area contributed by atoms with Crippen molar-refractivity contribution in [1.82, 2.24) is 9.80 Å². The highest BCUT2D eigenvalue weighted by Crippen LogP contribution is 2.15. The van der Waals surface area contributed by atoms with E-state index in [-0.39, 0.29) is 17.9 Å². The maximum absolute atomic E-state index is 13.6. The van der Waals surface area contributed by atoms with Crippen LogP contribution in [-0.4, -0.2) is 53.6 Å². The van der Waals surface area contributed by atoms with Crippen LogP contribution in [0.25, 0.3) is 0 Å². The van der Waals surface area contributed by atoms with E-state index in [1.54, 1.807) is 25.7 Å². The van der Waals surface area contributed by atoms with Gasteiger partial charge in [0.1, 0.15) is 5.60 Å². The standard InChI is InChI=1S/C17H22F2N2O3/c1-17(2,3)24-16(23)21-9-7-20(8-10-21)14(22)11-12-5-4-6-13(18)15(12)19/h4-6H,7-11H2,1-3H3. The largest absolute Gasteiger partial charge is 0.444 e. The molecule has 2 amide bonds. The van der Waals surface area contributed by atoms with E-state index in [1.165, 1.54) is 17.0 Å². The number of hydrogen-bond donors (Lipinski definition) is 0. The van der Waals surface area contributed by atoms with Gasteiger partial charge in [-0.2, -0.15) is 0 Å². The van der Waals surface area contributed by atoms with Crippen molar-refractivity contribution in [2.24, 2.45) is 0 Å². The molecule has 0 N–H and O–H groups in total. The lowest BCUT2D eigenvalue weighted by Gasteiger charge is -2.35. The fraction of sp³-hybridized carbons (Fsp3) is 0.529. The fourth-order valence-corrected chi connectivity index (χ4v) is 2.42. The Morgan fingerprint density at radius 1 is 1.08 bits per heavy atom. The number of benzene rings is 1. The summed E-state index contributed by atoms with van der Waals surface area (Å²) in [5.41, 5.74) is -0.534. The first-order chi connectivity index (χ1) is 11.2. The number of halogens is 2. The molecule has 0 unspecified atom stereocenters. The maximum atomic E-state index is 13.6. The molecule has 1 saturated heterocycles. The van der Waals surface area contributed by atoms with Gasteiger partial charge < -0.3 is 14.5 Å². The molecular weight excluding hydrogens is 318 g/mol. The van der Waals surface area contributed by atoms with Gasteiger partial charge in [0.15, 0.2) is 11.6 Å². The Labute approximate surface area is 140 Å². The van der Waals surface area contributed by atoms with Crippen molar-refractivity contribution in [3.8, 4) is 0 Å². The van der Waals surface area contributed by atoms with E-state index in [1.807, 2.05) is 0 Å². The summed E-state index contributed by atoms with van der Waals surface area (Å²) in [6.07, 6.45) is -0.610. The summed E-state index contributed by atoms with van der Waals surface area (Å²) in [6, 6.07) is 3.79. The van der Waals surface area contributed by atoms with Crippen molar-refractivity contribution in [3.63, 3.8) is 0 Å². The third kappa shape index (κ3) is 4.66. The summed E-state index contributed by atoms with van der Waals surface area (Å²) in [4.78, 5) is 27.3. The number of ether oxygens (including phenoxy) is 1. The monoisotopic (exact) mass is 340 g/mol. The molecule has 0 radical (unpaired) electrons. The molecule has 24 heavy (non-hydrogen) atoms. The molecule has 5 nitrogen and oxygen atoms in total. The molecule has 0 atom stereocenters. The van der Waals surface area contributed by atoms with Crippen LogP contribution >= 0.6 is 0 Å². The minimum Gasteiger partial charge on any atom is -0.444 e. The molecule has 7 heteroatoms. The second kappa shape index (κ2) is 7.15. The molecule has 1 fully saturated rings. The van der Waals surface area contributed by atoms with Crippen LogP contribution < -0.4 is 0 Å². The Morgan fingerprint density at radius 2 is 1.67 bits per heavy atom. The summed E-state index contributed by atoms with van der Waals surface area (Å²) in [7, 11) is 0. The highest BCUT2D eigenvalue weighted by Gasteiger charge is 2.28. The molecule has 1 aliphatic rings. The van der Waals surface area contributed by atoms with Crippen molar-refractivity contribution >= 4 is 12.0 Å². The highest BCUT2D eigenvalue weighted by atomic mass is 19.2. The van der Waals surface area contributed by atoms with Gasteiger partial charge in [-0.05, 0) is 26.8 Å². The Morgan fingerprint density at radius 3 is 2.25 bits per heavy atom. The lowest BCUT2D eigenvalue weighted by Crippen LogP contribution is -2.52. The zero-order valence-electron chi connectivity index (χ0n) is 14.1. The SMILES string of the molecule is CC(C)(C)OC(=O)N1CCN(C(=O)Cc2cccc(F)c2F)CC1. The summed E-state index contributed by atoms with van der Waals surface area (Å²) >= 11 is 0. The van der Waals surface area contributed by atoms with Crippen LogP contribution in [0.3, 0.4) is 0 Å². The van der Waals surface area contributed by atoms with Gasteiger partial charge in [0, 0.05) is 31.7 Å². The summed E-state index contributed by atoms with van der Waals surface area (Å²) < 4.78 is 32.1. The van der Waals surface area contributed by atoms with Crippen molar-refractivity contribution in [2.75, 3.05) is 26.2 Å². The Hall–Kier alpha value is -2.18. The zero-order valence-corrected chi connectivity index (χ0v) is 14.1. The fourth-order valence-electron chi connectivity index (χ4n) is 2.42. The molecule has 0 bridgehead atoms. The van der Waals surface area contributed by atoms with Gasteiger partial charge in [0.2, 0.25) is 5.91 Å². The third-order valence-electron chi connectivity index (χ3n) is 3.66. The number of carbonyl (C=O) groups excluding carboxylic acids is 2. The van der Waals surface area contributed by atoms with Crippen molar-refractivity contribution in [3.05, 3.63) is 35.4 Å². The molecule has 1 aromatic carbocycles. The first-order valence-electron chi connectivity index (χ1n) is 7.86. The van der Waals surface area contributed by atoms with Gasteiger partial charge in [-0.3, -0.25) is 4.79 Å². The number of nitrogens with zero attached hydrogens (tertiary/aromatic N) is 2. The molecule has 1 aliphatic heterocycles. The summed E-state index contributed by atoms with van der Waals surface area (Å²) in [5, 5.41) is 0. The normalized spacial score (nSPS) is 15.4. The second-order valence-corrected chi connectivity index (χ2v) is 6.74. The number of rotatable bonds is 2. The van der Waals surface area contributed by atoms with E-state index in [9.17, 15) is 18.4 Å². The smallest absolute Gasteiger partial charge is 0.410 e. The molecule has 0 aliphatic carbocycles. The maximum Gasteiger partial charge on any atom is 0.410 e. The van der Waals surface area contributed by atoms with Crippen LogP contribution in [0.1, 0.15) is 26.3 Å².